The molecule has 0 aromatic heterocycles. The number of piperidine rings is 1. The number of benzene rings is 1. The number of likely N-dealkylation sites (tertiary alicyclic amines) is 1. The number of nitrogens with one attached hydrogen (secondary N) is 2. The van der Waals surface area contributed by atoms with Crippen molar-refractivity contribution >= 4 is 0 Å². The zero-order valence-electron chi connectivity index (χ0n) is 33.9. The Balaban J connectivity index is 0.00000163. The van der Waals surface area contributed by atoms with E-state index in [0.29, 0.717) is 10.8 Å². The summed E-state index contributed by atoms with van der Waals surface area (Å²) in [5.41, 5.74) is 7.45. The maximum Gasteiger partial charge on any atom is 0.0148 e. The largest absolute Gasteiger partial charge is 0.389 e. The highest BCUT2D eigenvalue weighted by Crippen LogP contribution is 2.39. The highest BCUT2D eigenvalue weighted by molar-refractivity contribution is 5.18. The second-order valence-corrected chi connectivity index (χ2v) is 16.0. The Morgan fingerprint density at radius 3 is 2.00 bits per heavy atom. The van der Waals surface area contributed by atoms with Gasteiger partial charge in [0.15, 0.2) is 0 Å². The molecule has 1 fully saturated rings. The number of hydrogen-bond donors (Lipinski definition) is 2. The third-order valence-electron chi connectivity index (χ3n) is 10.4. The van der Waals surface area contributed by atoms with Crippen molar-refractivity contribution in [2.24, 2.45) is 10.8 Å². The first-order chi connectivity index (χ1) is 23.0. The van der Waals surface area contributed by atoms with Crippen LogP contribution in [-0.4, -0.2) is 43.7 Å². The van der Waals surface area contributed by atoms with Gasteiger partial charge in [0.1, 0.15) is 0 Å². The summed E-state index contributed by atoms with van der Waals surface area (Å²) in [5.74, 6) is 0. The molecule has 1 heterocycles. The predicted octanol–water partition coefficient (Wildman–Crippen LogP) is 12.4. The van der Waals surface area contributed by atoms with Crippen molar-refractivity contribution in [1.29, 1.82) is 0 Å². The van der Waals surface area contributed by atoms with Crippen molar-refractivity contribution in [2.45, 2.75) is 138 Å². The fraction of sp³-hybridized carbons (Fsp3) is 0.609. The second kappa shape index (κ2) is 25.3. The van der Waals surface area contributed by atoms with Gasteiger partial charge in [-0.15, -0.1) is 6.58 Å². The summed E-state index contributed by atoms with van der Waals surface area (Å²) in [7, 11) is 2.06. The summed E-state index contributed by atoms with van der Waals surface area (Å²) in [6.45, 7) is 42.2. The molecule has 2 rings (SSSR count). The molecule has 1 aromatic carbocycles. The Labute approximate surface area is 306 Å². The normalized spacial score (nSPS) is 14.8. The minimum Gasteiger partial charge on any atom is -0.389 e. The van der Waals surface area contributed by atoms with Crippen LogP contribution in [0.15, 0.2) is 104 Å². The lowest BCUT2D eigenvalue weighted by atomic mass is 9.73. The zero-order valence-corrected chi connectivity index (χ0v) is 33.9. The number of unbranched alkanes of at least 4 members (excludes halogenated alkanes) is 1. The van der Waals surface area contributed by atoms with Crippen LogP contribution < -0.4 is 10.6 Å². The van der Waals surface area contributed by atoms with Crippen LogP contribution in [-0.2, 0) is 6.42 Å². The molecule has 0 atom stereocenters. The van der Waals surface area contributed by atoms with Gasteiger partial charge in [-0.05, 0) is 135 Å². The van der Waals surface area contributed by atoms with E-state index in [1.54, 1.807) is 12.2 Å². The second-order valence-electron chi connectivity index (χ2n) is 16.0. The van der Waals surface area contributed by atoms with Crippen LogP contribution in [0.25, 0.3) is 0 Å². The maximum absolute atomic E-state index is 4.55. The molecule has 1 aliphatic heterocycles. The minimum absolute atomic E-state index is 0.241. The fourth-order valence-corrected chi connectivity index (χ4v) is 5.71. The summed E-state index contributed by atoms with van der Waals surface area (Å²) < 4.78 is 0. The van der Waals surface area contributed by atoms with E-state index >= 15 is 0 Å². The Kier molecular flexibility index (Phi) is 24.0. The Bertz CT molecular complexity index is 1110. The number of allylic oxidation sites excluding steroid dienone is 7. The molecule has 278 valence electrons. The van der Waals surface area contributed by atoms with Crippen LogP contribution >= 0.6 is 0 Å². The standard InChI is InChI=1S/C34H59N3.C7H10.C5H10/c1-29(34(7)23-27-37(28-24-34)26-19-31-17-10-9-11-18-31)15-12-13-16-30(2)36-25-22-32(3,4)20-14-21-33(5,6)35-8;1-4-6-7(3)5-2;1-4-5(2)3/h9-11,17-18,35-36H,1-2,12-16,19-28H2,3-8H3;4-6H,1-2H2,3H3;2,4H2,1,3H3/b;7-6-;. The Morgan fingerprint density at radius 2 is 1.49 bits per heavy atom. The van der Waals surface area contributed by atoms with Gasteiger partial charge >= 0.3 is 0 Å². The first-order valence-electron chi connectivity index (χ1n) is 19.1. The Morgan fingerprint density at radius 1 is 0.898 bits per heavy atom. The first kappa shape index (κ1) is 46.4. The topological polar surface area (TPSA) is 27.3 Å². The van der Waals surface area contributed by atoms with Crippen LogP contribution in [0, 0.1) is 10.8 Å². The highest BCUT2D eigenvalue weighted by atomic mass is 15.1. The van der Waals surface area contributed by atoms with Gasteiger partial charge in [-0.25, -0.2) is 0 Å². The van der Waals surface area contributed by atoms with E-state index in [1.165, 1.54) is 93.4 Å². The molecular formula is C46H79N3. The van der Waals surface area contributed by atoms with E-state index in [0.717, 1.165) is 37.8 Å². The molecule has 0 radical (unpaired) electrons. The summed E-state index contributed by atoms with van der Waals surface area (Å²) in [4.78, 5) is 2.64. The molecule has 3 nitrogen and oxygen atoms in total. The van der Waals surface area contributed by atoms with E-state index < -0.39 is 0 Å². The van der Waals surface area contributed by atoms with Crippen molar-refractivity contribution in [2.75, 3.05) is 33.2 Å². The molecule has 1 saturated heterocycles. The van der Waals surface area contributed by atoms with Gasteiger partial charge < -0.3 is 15.5 Å². The van der Waals surface area contributed by atoms with Crippen molar-refractivity contribution in [3.63, 3.8) is 0 Å². The van der Waals surface area contributed by atoms with Crippen LogP contribution in [0.4, 0.5) is 0 Å². The van der Waals surface area contributed by atoms with Gasteiger partial charge in [-0.3, -0.25) is 0 Å². The molecule has 0 bridgehead atoms. The van der Waals surface area contributed by atoms with E-state index in [2.05, 4.69) is 127 Å². The molecular weight excluding hydrogens is 595 g/mol. The molecule has 0 saturated carbocycles. The van der Waals surface area contributed by atoms with Gasteiger partial charge in [-0.2, -0.15) is 0 Å². The van der Waals surface area contributed by atoms with Crippen LogP contribution in [0.2, 0.25) is 0 Å². The fourth-order valence-electron chi connectivity index (χ4n) is 5.71. The van der Waals surface area contributed by atoms with E-state index in [1.807, 2.05) is 19.9 Å². The lowest BCUT2D eigenvalue weighted by molar-refractivity contribution is 0.143. The molecule has 0 unspecified atom stereocenters. The number of nitrogens with zero attached hydrogens (tertiary/aromatic N) is 1. The zero-order chi connectivity index (χ0) is 37.3. The molecule has 0 spiro atoms. The first-order valence-corrected chi connectivity index (χ1v) is 19.1. The Hall–Kier alpha value is -2.62. The number of rotatable bonds is 21. The molecule has 1 aliphatic rings. The maximum atomic E-state index is 4.55. The van der Waals surface area contributed by atoms with Gasteiger partial charge in [-0.1, -0.05) is 126 Å². The van der Waals surface area contributed by atoms with Crippen LogP contribution in [0.3, 0.4) is 0 Å². The third kappa shape index (κ3) is 23.4. The van der Waals surface area contributed by atoms with Crippen molar-refractivity contribution < 1.29 is 0 Å². The van der Waals surface area contributed by atoms with Crippen molar-refractivity contribution in [1.82, 2.24) is 15.5 Å². The quantitative estimate of drug-likeness (QED) is 0.0772. The lowest BCUT2D eigenvalue weighted by Crippen LogP contribution is -2.40. The number of hydrogen-bond acceptors (Lipinski definition) is 3. The van der Waals surface area contributed by atoms with Crippen LogP contribution in [0.1, 0.15) is 132 Å². The summed E-state index contributed by atoms with van der Waals surface area (Å²) >= 11 is 0. The van der Waals surface area contributed by atoms with Gasteiger partial charge in [0.25, 0.3) is 0 Å². The molecule has 2 N–H and O–H groups in total. The predicted molar refractivity (Wildman–Crippen MR) is 223 cm³/mol. The lowest BCUT2D eigenvalue weighted by Gasteiger charge is -2.41. The van der Waals surface area contributed by atoms with Crippen molar-refractivity contribution in [3.05, 3.63) is 109 Å². The van der Waals surface area contributed by atoms with E-state index in [4.69, 9.17) is 0 Å². The SMILES string of the molecule is C=C(C)CC.C=C(CCCCC(=C)C1(C)CCN(CCc2ccccc2)CC1)NCCC(C)(C)CCCC(C)(C)NC.C=C/C=C(/C)C=C. The van der Waals surface area contributed by atoms with E-state index in [9.17, 15) is 0 Å². The third-order valence-corrected chi connectivity index (χ3v) is 10.4. The molecule has 0 amide bonds. The average molecular weight is 674 g/mol. The van der Waals surface area contributed by atoms with Gasteiger partial charge in [0.05, 0.1) is 0 Å². The monoisotopic (exact) mass is 674 g/mol. The average Bonchev–Trinajstić information content (AvgIpc) is 3.07. The van der Waals surface area contributed by atoms with Crippen molar-refractivity contribution in [3.8, 4) is 0 Å². The summed E-state index contributed by atoms with van der Waals surface area (Å²) in [6.07, 6.45) is 19.8. The van der Waals surface area contributed by atoms with Crippen LogP contribution in [0.5, 0.6) is 0 Å². The van der Waals surface area contributed by atoms with Gasteiger partial charge in [0.2, 0.25) is 0 Å². The molecule has 49 heavy (non-hydrogen) atoms. The highest BCUT2D eigenvalue weighted by Gasteiger charge is 2.32. The molecule has 3 heteroatoms. The smallest absolute Gasteiger partial charge is 0.0148 e. The molecule has 1 aromatic rings. The molecule has 0 aliphatic carbocycles. The summed E-state index contributed by atoms with van der Waals surface area (Å²) in [5, 5.41) is 7.03. The minimum atomic E-state index is 0.241. The summed E-state index contributed by atoms with van der Waals surface area (Å²) in [6, 6.07) is 10.9. The van der Waals surface area contributed by atoms with Gasteiger partial charge in [0, 0.05) is 24.3 Å². The van der Waals surface area contributed by atoms with E-state index in [-0.39, 0.29) is 5.54 Å².